The van der Waals surface area contributed by atoms with Gasteiger partial charge in [0.15, 0.2) is 0 Å². The molecular formula is C7H6BF3O. The van der Waals surface area contributed by atoms with Crippen LogP contribution in [0.15, 0.2) is 24.3 Å². The fourth-order valence-electron chi connectivity index (χ4n) is 0.935. The van der Waals surface area contributed by atoms with E-state index in [4.69, 9.17) is 5.02 Å². The van der Waals surface area contributed by atoms with Gasteiger partial charge in [-0.3, -0.25) is 0 Å². The third-order valence-corrected chi connectivity index (χ3v) is 1.49. The van der Waals surface area contributed by atoms with Gasteiger partial charge in [-0.15, -0.1) is 0 Å². The maximum atomic E-state index is 12.1. The van der Waals surface area contributed by atoms with Crippen LogP contribution in [-0.4, -0.2) is 12.5 Å². The lowest BCUT2D eigenvalue weighted by molar-refractivity contribution is -0.136. The van der Waals surface area contributed by atoms with E-state index in [1.54, 1.807) is 0 Å². The molecule has 1 N–H and O–H groups in total. The van der Waals surface area contributed by atoms with E-state index in [1.165, 1.54) is 18.2 Å². The van der Waals surface area contributed by atoms with Gasteiger partial charge in [-0.05, 0) is 5.46 Å². The lowest BCUT2D eigenvalue weighted by Gasteiger charge is -2.09. The third kappa shape index (κ3) is 1.79. The van der Waals surface area contributed by atoms with Gasteiger partial charge in [0.25, 0.3) is 0 Å². The Balaban J connectivity index is 3.14. The van der Waals surface area contributed by atoms with Crippen LogP contribution >= 0.6 is 0 Å². The molecule has 0 atom stereocenters. The minimum atomic E-state index is -4.38. The molecule has 0 aliphatic rings. The standard InChI is InChI=1S/C7H6BF3O/c9-7(10,11)5-3-1-2-4-6(5)8-12/h1-4,8,12H. The minimum absolute atomic E-state index is 0.0926. The number of rotatable bonds is 1. The summed E-state index contributed by atoms with van der Waals surface area (Å²) >= 11 is 0. The van der Waals surface area contributed by atoms with Crippen molar-refractivity contribution in [2.75, 3.05) is 0 Å². The van der Waals surface area contributed by atoms with Crippen LogP contribution in [0.4, 0.5) is 13.2 Å². The zero-order valence-corrected chi connectivity index (χ0v) is 6.10. The molecule has 1 rings (SSSR count). The van der Waals surface area contributed by atoms with Crippen molar-refractivity contribution in [1.82, 2.24) is 0 Å². The van der Waals surface area contributed by atoms with Crippen LogP contribution in [0, 0.1) is 0 Å². The number of hydrogen-bond acceptors (Lipinski definition) is 1. The molecule has 0 saturated heterocycles. The molecule has 0 unspecified atom stereocenters. The van der Waals surface area contributed by atoms with Gasteiger partial charge in [0.1, 0.15) is 0 Å². The number of benzene rings is 1. The molecule has 1 nitrogen and oxygen atoms in total. The quantitative estimate of drug-likeness (QED) is 0.620. The number of halogens is 3. The summed E-state index contributed by atoms with van der Waals surface area (Å²) in [6.45, 7) is 0. The molecule has 1 aromatic rings. The summed E-state index contributed by atoms with van der Waals surface area (Å²) in [5, 5.41) is 8.58. The first-order valence-electron chi connectivity index (χ1n) is 3.31. The van der Waals surface area contributed by atoms with Crippen LogP contribution in [-0.2, 0) is 6.18 Å². The first-order valence-corrected chi connectivity index (χ1v) is 3.31. The van der Waals surface area contributed by atoms with Crippen LogP contribution in [0.5, 0.6) is 0 Å². The minimum Gasteiger partial charge on any atom is -0.449 e. The van der Waals surface area contributed by atoms with Gasteiger partial charge in [0.05, 0.1) is 5.56 Å². The van der Waals surface area contributed by atoms with Gasteiger partial charge in [-0.1, -0.05) is 24.3 Å². The van der Waals surface area contributed by atoms with Crippen LogP contribution in [0.3, 0.4) is 0 Å². The van der Waals surface area contributed by atoms with Gasteiger partial charge in [0, 0.05) is 0 Å². The summed E-state index contributed by atoms with van der Waals surface area (Å²) in [6, 6.07) is 4.96. The van der Waals surface area contributed by atoms with Crippen LogP contribution < -0.4 is 5.46 Å². The summed E-state index contributed by atoms with van der Waals surface area (Å²) in [5.74, 6) is 0. The third-order valence-electron chi connectivity index (χ3n) is 1.49. The first kappa shape index (κ1) is 9.13. The van der Waals surface area contributed by atoms with Crippen molar-refractivity contribution < 1.29 is 18.2 Å². The predicted molar refractivity (Wildman–Crippen MR) is 40.4 cm³/mol. The highest BCUT2D eigenvalue weighted by atomic mass is 19.4. The Kier molecular flexibility index (Phi) is 2.42. The molecule has 0 aliphatic carbocycles. The molecule has 0 amide bonds. The highest BCUT2D eigenvalue weighted by Crippen LogP contribution is 2.27. The summed E-state index contributed by atoms with van der Waals surface area (Å²) in [6.07, 6.45) is -4.38. The molecule has 5 heteroatoms. The predicted octanol–water partition coefficient (Wildman–Crippen LogP) is 0.675. The van der Waals surface area contributed by atoms with Gasteiger partial charge >= 0.3 is 13.7 Å². The molecule has 0 fully saturated rings. The zero-order valence-electron chi connectivity index (χ0n) is 6.10. The Morgan fingerprint density at radius 2 is 1.75 bits per heavy atom. The molecule has 0 heterocycles. The van der Waals surface area contributed by atoms with Crippen molar-refractivity contribution in [3.63, 3.8) is 0 Å². The molecule has 12 heavy (non-hydrogen) atoms. The van der Waals surface area contributed by atoms with E-state index in [1.807, 2.05) is 0 Å². The highest BCUT2D eigenvalue weighted by molar-refractivity contribution is 6.46. The summed E-state index contributed by atoms with van der Waals surface area (Å²) < 4.78 is 36.4. The topological polar surface area (TPSA) is 20.2 Å². The van der Waals surface area contributed by atoms with E-state index in [-0.39, 0.29) is 5.46 Å². The zero-order chi connectivity index (χ0) is 9.19. The maximum Gasteiger partial charge on any atom is 0.415 e. The largest absolute Gasteiger partial charge is 0.449 e. The summed E-state index contributed by atoms with van der Waals surface area (Å²) in [7, 11) is -0.588. The van der Waals surface area contributed by atoms with Crippen molar-refractivity contribution in [3.05, 3.63) is 29.8 Å². The number of alkyl halides is 3. The van der Waals surface area contributed by atoms with E-state index in [0.717, 1.165) is 6.07 Å². The van der Waals surface area contributed by atoms with E-state index >= 15 is 0 Å². The second-order valence-corrected chi connectivity index (χ2v) is 2.31. The fourth-order valence-corrected chi connectivity index (χ4v) is 0.935. The SMILES string of the molecule is OBc1ccccc1C(F)(F)F. The fraction of sp³-hybridized carbons (Fsp3) is 0.143. The Morgan fingerprint density at radius 1 is 1.17 bits per heavy atom. The van der Waals surface area contributed by atoms with Gasteiger partial charge in [0.2, 0.25) is 0 Å². The molecule has 0 radical (unpaired) electrons. The lowest BCUT2D eigenvalue weighted by Crippen LogP contribution is -2.24. The normalized spacial score (nSPS) is 11.3. The van der Waals surface area contributed by atoms with Gasteiger partial charge in [-0.2, -0.15) is 13.2 Å². The van der Waals surface area contributed by atoms with E-state index in [2.05, 4.69) is 0 Å². The van der Waals surface area contributed by atoms with Crippen LogP contribution in [0.25, 0.3) is 0 Å². The Labute approximate surface area is 68.1 Å². The molecular weight excluding hydrogens is 168 g/mol. The summed E-state index contributed by atoms with van der Waals surface area (Å²) in [5.41, 5.74) is -0.863. The second kappa shape index (κ2) is 3.19. The van der Waals surface area contributed by atoms with Crippen LogP contribution in [0.2, 0.25) is 0 Å². The average molecular weight is 174 g/mol. The van der Waals surface area contributed by atoms with Gasteiger partial charge < -0.3 is 5.02 Å². The van der Waals surface area contributed by atoms with Crippen molar-refractivity contribution in [1.29, 1.82) is 0 Å². The molecule has 0 aliphatic heterocycles. The maximum absolute atomic E-state index is 12.1. The van der Waals surface area contributed by atoms with Crippen molar-refractivity contribution in [3.8, 4) is 0 Å². The molecule has 0 aromatic heterocycles. The molecule has 64 valence electrons. The molecule has 0 spiro atoms. The Morgan fingerprint density at radius 3 is 2.17 bits per heavy atom. The van der Waals surface area contributed by atoms with E-state index < -0.39 is 19.2 Å². The number of hydrogen-bond donors (Lipinski definition) is 1. The molecule has 0 saturated carbocycles. The van der Waals surface area contributed by atoms with E-state index in [0.29, 0.717) is 0 Å². The highest BCUT2D eigenvalue weighted by Gasteiger charge is 2.32. The van der Waals surface area contributed by atoms with Crippen molar-refractivity contribution in [2.24, 2.45) is 0 Å². The van der Waals surface area contributed by atoms with Crippen LogP contribution in [0.1, 0.15) is 5.56 Å². The average Bonchev–Trinajstić information content (AvgIpc) is 2.03. The summed E-state index contributed by atoms with van der Waals surface area (Å²) in [4.78, 5) is 0. The van der Waals surface area contributed by atoms with E-state index in [9.17, 15) is 13.2 Å². The Hall–Kier alpha value is -0.965. The first-order chi connectivity index (χ1) is 5.55. The van der Waals surface area contributed by atoms with Crippen molar-refractivity contribution in [2.45, 2.75) is 6.18 Å². The second-order valence-electron chi connectivity index (χ2n) is 2.31. The van der Waals surface area contributed by atoms with Crippen molar-refractivity contribution >= 4 is 12.9 Å². The molecule has 0 bridgehead atoms. The van der Waals surface area contributed by atoms with Gasteiger partial charge in [-0.25, -0.2) is 0 Å². The monoisotopic (exact) mass is 174 g/mol. The molecule has 1 aromatic carbocycles. The lowest BCUT2D eigenvalue weighted by atomic mass is 9.84. The smallest absolute Gasteiger partial charge is 0.415 e. The Bertz CT molecular complexity index is 272.